The number of nitro groups is 1. The number of carbonyl (C=O) groups is 1. The van der Waals surface area contributed by atoms with Crippen molar-refractivity contribution in [2.45, 2.75) is 0 Å². The zero-order chi connectivity index (χ0) is 21.3. The fourth-order valence-corrected chi connectivity index (χ4v) is 3.01. The minimum atomic E-state index is -0.544. The highest BCUT2D eigenvalue weighted by Crippen LogP contribution is 2.35. The van der Waals surface area contributed by atoms with Crippen LogP contribution in [0, 0.1) is 10.1 Å². The predicted octanol–water partition coefficient (Wildman–Crippen LogP) is 4.56. The van der Waals surface area contributed by atoms with Crippen molar-refractivity contribution in [1.29, 1.82) is 0 Å². The van der Waals surface area contributed by atoms with E-state index >= 15 is 0 Å². The highest BCUT2D eigenvalue weighted by atomic mass is 16.6. The lowest BCUT2D eigenvalue weighted by molar-refractivity contribution is -0.384. The van der Waals surface area contributed by atoms with E-state index in [9.17, 15) is 25.1 Å². The SMILES string of the molecule is O=C(c1ccc([N+](=O)[O-])cc1)c1c(-c2ccc(O)cc2)noc1-c1ccc(O)cc1. The first-order valence-electron chi connectivity index (χ1n) is 8.81. The number of nitrogens with zero attached hydrogens (tertiary/aromatic N) is 2. The van der Waals surface area contributed by atoms with Crippen LogP contribution in [-0.4, -0.2) is 26.1 Å². The lowest BCUT2D eigenvalue weighted by Gasteiger charge is -2.05. The monoisotopic (exact) mass is 402 g/mol. The summed E-state index contributed by atoms with van der Waals surface area (Å²) in [7, 11) is 0. The van der Waals surface area contributed by atoms with E-state index in [0.717, 1.165) is 0 Å². The lowest BCUT2D eigenvalue weighted by atomic mass is 9.95. The summed E-state index contributed by atoms with van der Waals surface area (Å²) in [4.78, 5) is 23.7. The largest absolute Gasteiger partial charge is 0.508 e. The number of rotatable bonds is 5. The number of phenolic OH excluding ortho intramolecular Hbond substituents is 2. The van der Waals surface area contributed by atoms with E-state index < -0.39 is 10.7 Å². The normalized spacial score (nSPS) is 10.7. The van der Waals surface area contributed by atoms with Gasteiger partial charge in [-0.3, -0.25) is 14.9 Å². The van der Waals surface area contributed by atoms with Gasteiger partial charge in [-0.1, -0.05) is 5.16 Å². The van der Waals surface area contributed by atoms with Crippen molar-refractivity contribution in [1.82, 2.24) is 5.16 Å². The molecule has 0 fully saturated rings. The molecule has 0 unspecified atom stereocenters. The molecule has 8 heteroatoms. The van der Waals surface area contributed by atoms with Crippen molar-refractivity contribution < 1.29 is 24.5 Å². The molecule has 0 saturated carbocycles. The second-order valence-corrected chi connectivity index (χ2v) is 6.46. The summed E-state index contributed by atoms with van der Waals surface area (Å²) in [5.41, 5.74) is 1.60. The van der Waals surface area contributed by atoms with E-state index in [1.807, 2.05) is 0 Å². The molecule has 0 radical (unpaired) electrons. The third kappa shape index (κ3) is 3.49. The van der Waals surface area contributed by atoms with Gasteiger partial charge in [-0.25, -0.2) is 0 Å². The van der Waals surface area contributed by atoms with Crippen LogP contribution < -0.4 is 0 Å². The topological polar surface area (TPSA) is 127 Å². The van der Waals surface area contributed by atoms with Crippen molar-refractivity contribution in [3.8, 4) is 34.1 Å². The average molecular weight is 402 g/mol. The Labute approximate surface area is 169 Å². The second-order valence-electron chi connectivity index (χ2n) is 6.46. The van der Waals surface area contributed by atoms with Crippen LogP contribution >= 0.6 is 0 Å². The number of hydrogen-bond donors (Lipinski definition) is 2. The molecule has 30 heavy (non-hydrogen) atoms. The fourth-order valence-electron chi connectivity index (χ4n) is 3.01. The molecule has 0 amide bonds. The van der Waals surface area contributed by atoms with Crippen molar-refractivity contribution >= 4 is 11.5 Å². The first-order valence-corrected chi connectivity index (χ1v) is 8.81. The first-order chi connectivity index (χ1) is 14.4. The van der Waals surface area contributed by atoms with Gasteiger partial charge in [0.05, 0.1) is 10.5 Å². The molecule has 0 aliphatic rings. The van der Waals surface area contributed by atoms with Crippen LogP contribution in [0.5, 0.6) is 11.5 Å². The van der Waals surface area contributed by atoms with Crippen LogP contribution in [0.3, 0.4) is 0 Å². The molecular weight excluding hydrogens is 388 g/mol. The number of aromatic nitrogens is 1. The molecule has 2 N–H and O–H groups in total. The zero-order valence-corrected chi connectivity index (χ0v) is 15.4. The minimum Gasteiger partial charge on any atom is -0.508 e. The standard InChI is InChI=1S/C22H14N2O6/c25-17-9-3-13(4-10-17)20-19(21(27)14-1-7-16(8-2-14)24(28)29)22(30-23-20)15-5-11-18(26)12-6-15/h1-12,25-26H. The van der Waals surface area contributed by atoms with E-state index in [0.29, 0.717) is 11.1 Å². The molecular formula is C22H14N2O6. The highest BCUT2D eigenvalue weighted by molar-refractivity contribution is 6.15. The Hall–Kier alpha value is -4.46. The van der Waals surface area contributed by atoms with Crippen LogP contribution in [-0.2, 0) is 0 Å². The van der Waals surface area contributed by atoms with Gasteiger partial charge >= 0.3 is 0 Å². The number of benzene rings is 3. The first kappa shape index (κ1) is 18.9. The van der Waals surface area contributed by atoms with Crippen molar-refractivity contribution in [2.24, 2.45) is 0 Å². The number of hydrogen-bond acceptors (Lipinski definition) is 7. The Morgan fingerprint density at radius 3 is 1.90 bits per heavy atom. The molecule has 0 saturated heterocycles. The van der Waals surface area contributed by atoms with Crippen LogP contribution in [0.1, 0.15) is 15.9 Å². The molecule has 0 bridgehead atoms. The van der Waals surface area contributed by atoms with Crippen molar-refractivity contribution in [3.63, 3.8) is 0 Å². The van der Waals surface area contributed by atoms with E-state index in [2.05, 4.69) is 5.16 Å². The van der Waals surface area contributed by atoms with Gasteiger partial charge in [0, 0.05) is 28.8 Å². The molecule has 148 valence electrons. The van der Waals surface area contributed by atoms with Gasteiger partial charge < -0.3 is 14.7 Å². The zero-order valence-electron chi connectivity index (χ0n) is 15.4. The fraction of sp³-hybridized carbons (Fsp3) is 0. The molecule has 4 rings (SSSR count). The summed E-state index contributed by atoms with van der Waals surface area (Å²) in [6.45, 7) is 0. The van der Waals surface area contributed by atoms with Crippen LogP contribution in [0.2, 0.25) is 0 Å². The summed E-state index contributed by atoms with van der Waals surface area (Å²) in [6.07, 6.45) is 0. The van der Waals surface area contributed by atoms with Crippen LogP contribution in [0.15, 0.2) is 77.3 Å². The smallest absolute Gasteiger partial charge is 0.269 e. The number of nitro benzene ring substituents is 1. The summed E-state index contributed by atoms with van der Waals surface area (Å²) in [6, 6.07) is 17.4. The maximum absolute atomic E-state index is 13.3. The van der Waals surface area contributed by atoms with Crippen molar-refractivity contribution in [2.75, 3.05) is 0 Å². The Morgan fingerprint density at radius 1 is 0.833 bits per heavy atom. The Morgan fingerprint density at radius 2 is 1.37 bits per heavy atom. The molecule has 0 aliphatic heterocycles. The predicted molar refractivity (Wildman–Crippen MR) is 107 cm³/mol. The van der Waals surface area contributed by atoms with Crippen LogP contribution in [0.4, 0.5) is 5.69 Å². The molecule has 4 aromatic rings. The number of phenols is 2. The highest BCUT2D eigenvalue weighted by Gasteiger charge is 2.26. The summed E-state index contributed by atoms with van der Waals surface area (Å²) in [5.74, 6) is -0.122. The number of carbonyl (C=O) groups excluding carboxylic acids is 1. The van der Waals surface area contributed by atoms with Crippen molar-refractivity contribution in [3.05, 3.63) is 94.0 Å². The summed E-state index contributed by atoms with van der Waals surface area (Å²) in [5, 5.41) is 34.1. The van der Waals surface area contributed by atoms with Gasteiger partial charge in [0.1, 0.15) is 17.2 Å². The van der Waals surface area contributed by atoms with Gasteiger partial charge in [-0.05, 0) is 60.7 Å². The Bertz CT molecular complexity index is 1160. The van der Waals surface area contributed by atoms with Gasteiger partial charge in [-0.15, -0.1) is 0 Å². The number of non-ortho nitro benzene ring substituents is 1. The van der Waals surface area contributed by atoms with Crippen LogP contribution in [0.25, 0.3) is 22.6 Å². The molecule has 1 aromatic heterocycles. The third-order valence-corrected chi connectivity index (χ3v) is 4.53. The minimum absolute atomic E-state index is 0.0558. The van der Waals surface area contributed by atoms with E-state index in [4.69, 9.17) is 4.52 Å². The van der Waals surface area contributed by atoms with Gasteiger partial charge in [0.2, 0.25) is 0 Å². The maximum Gasteiger partial charge on any atom is 0.269 e. The summed E-state index contributed by atoms with van der Waals surface area (Å²) >= 11 is 0. The lowest BCUT2D eigenvalue weighted by Crippen LogP contribution is -2.04. The molecule has 8 nitrogen and oxygen atoms in total. The quantitative estimate of drug-likeness (QED) is 0.285. The van der Waals surface area contributed by atoms with E-state index in [1.54, 1.807) is 24.3 Å². The van der Waals surface area contributed by atoms with Gasteiger partial charge in [-0.2, -0.15) is 0 Å². The molecule has 0 atom stereocenters. The number of ketones is 1. The van der Waals surface area contributed by atoms with E-state index in [1.165, 1.54) is 48.5 Å². The van der Waals surface area contributed by atoms with Gasteiger partial charge in [0.15, 0.2) is 11.5 Å². The summed E-state index contributed by atoms with van der Waals surface area (Å²) < 4.78 is 5.49. The van der Waals surface area contributed by atoms with E-state index in [-0.39, 0.29) is 39.8 Å². The molecule has 0 aliphatic carbocycles. The molecule has 3 aromatic carbocycles. The third-order valence-electron chi connectivity index (χ3n) is 4.53. The second kappa shape index (κ2) is 7.51. The maximum atomic E-state index is 13.3. The Balaban J connectivity index is 1.87. The number of aromatic hydroxyl groups is 2. The van der Waals surface area contributed by atoms with Gasteiger partial charge in [0.25, 0.3) is 5.69 Å². The Kier molecular flexibility index (Phi) is 4.73. The average Bonchev–Trinajstić information content (AvgIpc) is 3.19. The molecule has 0 spiro atoms. The molecule has 1 heterocycles.